The van der Waals surface area contributed by atoms with E-state index < -0.39 is 0 Å². The van der Waals surface area contributed by atoms with Gasteiger partial charge in [0, 0.05) is 18.6 Å². The molecule has 2 atom stereocenters. The molecule has 0 aromatic rings. The standard InChI is InChI=1S/C11H21N3/c1-9(2)13-11(8-12)5-6-14(4)10(3)7-11/h9-10,13H,5-7H2,1-4H3. The average Bonchev–Trinajstić information content (AvgIpc) is 2.11. The molecule has 1 rings (SSSR count). The fourth-order valence-corrected chi connectivity index (χ4v) is 2.17. The number of piperidine rings is 1. The first-order valence-electron chi connectivity index (χ1n) is 5.38. The van der Waals surface area contributed by atoms with Gasteiger partial charge in [-0.3, -0.25) is 5.32 Å². The molecule has 14 heavy (non-hydrogen) atoms. The Bertz CT molecular complexity index is 231. The number of hydrogen-bond acceptors (Lipinski definition) is 3. The predicted molar refractivity (Wildman–Crippen MR) is 57.9 cm³/mol. The summed E-state index contributed by atoms with van der Waals surface area (Å²) >= 11 is 0. The number of rotatable bonds is 2. The van der Waals surface area contributed by atoms with Crippen LogP contribution in [0.5, 0.6) is 0 Å². The highest BCUT2D eigenvalue weighted by molar-refractivity contribution is 5.11. The zero-order valence-electron chi connectivity index (χ0n) is 9.67. The molecule has 3 heteroatoms. The van der Waals surface area contributed by atoms with E-state index >= 15 is 0 Å². The van der Waals surface area contributed by atoms with Gasteiger partial charge in [-0.05, 0) is 40.7 Å². The highest BCUT2D eigenvalue weighted by Crippen LogP contribution is 2.25. The summed E-state index contributed by atoms with van der Waals surface area (Å²) in [6.45, 7) is 7.39. The van der Waals surface area contributed by atoms with Crippen molar-refractivity contribution in [3.63, 3.8) is 0 Å². The van der Waals surface area contributed by atoms with Crippen LogP contribution in [-0.2, 0) is 0 Å². The molecule has 0 radical (unpaired) electrons. The molecule has 2 unspecified atom stereocenters. The summed E-state index contributed by atoms with van der Waals surface area (Å²) in [6, 6.07) is 3.34. The lowest BCUT2D eigenvalue weighted by molar-refractivity contribution is 0.132. The largest absolute Gasteiger partial charge is 0.303 e. The van der Waals surface area contributed by atoms with E-state index in [1.807, 2.05) is 0 Å². The Morgan fingerprint density at radius 2 is 2.21 bits per heavy atom. The molecule has 1 aliphatic heterocycles. The lowest BCUT2D eigenvalue weighted by Gasteiger charge is -2.41. The van der Waals surface area contributed by atoms with E-state index in [1.54, 1.807) is 0 Å². The van der Waals surface area contributed by atoms with E-state index in [-0.39, 0.29) is 5.54 Å². The maximum Gasteiger partial charge on any atom is 0.109 e. The van der Waals surface area contributed by atoms with Gasteiger partial charge in [0.1, 0.15) is 5.54 Å². The molecule has 80 valence electrons. The summed E-state index contributed by atoms with van der Waals surface area (Å²) in [5, 5.41) is 12.7. The third-order valence-corrected chi connectivity index (χ3v) is 3.07. The van der Waals surface area contributed by atoms with Crippen LogP contribution in [0.15, 0.2) is 0 Å². The minimum absolute atomic E-state index is 0.292. The predicted octanol–water partition coefficient (Wildman–Crippen LogP) is 1.36. The van der Waals surface area contributed by atoms with Gasteiger partial charge in [0.05, 0.1) is 6.07 Å². The molecule has 0 bridgehead atoms. The lowest BCUT2D eigenvalue weighted by Crippen LogP contribution is -2.56. The molecule has 0 saturated carbocycles. The molecular weight excluding hydrogens is 174 g/mol. The maximum absolute atomic E-state index is 9.26. The van der Waals surface area contributed by atoms with Crippen molar-refractivity contribution in [2.45, 2.75) is 51.2 Å². The molecule has 1 N–H and O–H groups in total. The first kappa shape index (κ1) is 11.5. The van der Waals surface area contributed by atoms with Gasteiger partial charge in [0.15, 0.2) is 0 Å². The van der Waals surface area contributed by atoms with Gasteiger partial charge in [-0.25, -0.2) is 0 Å². The topological polar surface area (TPSA) is 39.1 Å². The van der Waals surface area contributed by atoms with E-state index in [2.05, 4.69) is 44.1 Å². The monoisotopic (exact) mass is 195 g/mol. The first-order chi connectivity index (χ1) is 6.49. The minimum Gasteiger partial charge on any atom is -0.303 e. The maximum atomic E-state index is 9.26. The summed E-state index contributed by atoms with van der Waals surface area (Å²) < 4.78 is 0. The lowest BCUT2D eigenvalue weighted by atomic mass is 9.84. The van der Waals surface area contributed by atoms with Crippen LogP contribution in [-0.4, -0.2) is 36.1 Å². The summed E-state index contributed by atoms with van der Waals surface area (Å²) in [7, 11) is 2.13. The second-order valence-electron chi connectivity index (χ2n) is 4.78. The van der Waals surface area contributed by atoms with E-state index in [0.717, 1.165) is 19.4 Å². The van der Waals surface area contributed by atoms with Gasteiger partial charge >= 0.3 is 0 Å². The molecule has 3 nitrogen and oxygen atoms in total. The molecule has 0 aromatic carbocycles. The summed E-state index contributed by atoms with van der Waals surface area (Å²) in [5.41, 5.74) is -0.292. The molecule has 0 spiro atoms. The smallest absolute Gasteiger partial charge is 0.109 e. The number of nitrogens with zero attached hydrogens (tertiary/aromatic N) is 2. The van der Waals surface area contributed by atoms with Crippen molar-refractivity contribution >= 4 is 0 Å². The van der Waals surface area contributed by atoms with Crippen LogP contribution >= 0.6 is 0 Å². The Hall–Kier alpha value is -0.590. The van der Waals surface area contributed by atoms with E-state index in [4.69, 9.17) is 0 Å². The number of nitriles is 1. The van der Waals surface area contributed by atoms with Crippen LogP contribution in [0.1, 0.15) is 33.6 Å². The van der Waals surface area contributed by atoms with E-state index in [9.17, 15) is 5.26 Å². The SMILES string of the molecule is CC(C)NC1(C#N)CCN(C)C(C)C1. The van der Waals surface area contributed by atoms with Crippen LogP contribution in [0.25, 0.3) is 0 Å². The highest BCUT2D eigenvalue weighted by Gasteiger charge is 2.37. The van der Waals surface area contributed by atoms with Crippen LogP contribution in [0.4, 0.5) is 0 Å². The van der Waals surface area contributed by atoms with Crippen molar-refractivity contribution < 1.29 is 0 Å². The molecule has 1 saturated heterocycles. The van der Waals surface area contributed by atoms with Crippen LogP contribution in [0.2, 0.25) is 0 Å². The van der Waals surface area contributed by atoms with Crippen LogP contribution in [0, 0.1) is 11.3 Å². The Kier molecular flexibility index (Phi) is 3.52. The second kappa shape index (κ2) is 4.29. The fraction of sp³-hybridized carbons (Fsp3) is 0.909. The summed E-state index contributed by atoms with van der Waals surface area (Å²) in [6.07, 6.45) is 1.86. The Balaban J connectivity index is 2.68. The van der Waals surface area contributed by atoms with Crippen molar-refractivity contribution in [1.82, 2.24) is 10.2 Å². The van der Waals surface area contributed by atoms with E-state index in [1.165, 1.54) is 0 Å². The van der Waals surface area contributed by atoms with Crippen LogP contribution in [0.3, 0.4) is 0 Å². The van der Waals surface area contributed by atoms with Crippen molar-refractivity contribution in [1.29, 1.82) is 5.26 Å². The van der Waals surface area contributed by atoms with Crippen molar-refractivity contribution in [3.05, 3.63) is 0 Å². The van der Waals surface area contributed by atoms with E-state index in [0.29, 0.717) is 12.1 Å². The average molecular weight is 195 g/mol. The number of hydrogen-bond donors (Lipinski definition) is 1. The Morgan fingerprint density at radius 3 is 2.64 bits per heavy atom. The summed E-state index contributed by atoms with van der Waals surface area (Å²) in [5.74, 6) is 0. The van der Waals surface area contributed by atoms with Gasteiger partial charge in [0.2, 0.25) is 0 Å². The molecule has 0 aliphatic carbocycles. The molecule has 0 amide bonds. The number of likely N-dealkylation sites (tertiary alicyclic amines) is 1. The molecule has 0 aromatic heterocycles. The molecule has 1 aliphatic rings. The second-order valence-corrected chi connectivity index (χ2v) is 4.78. The minimum atomic E-state index is -0.292. The van der Waals surface area contributed by atoms with Gasteiger partial charge in [-0.1, -0.05) is 0 Å². The fourth-order valence-electron chi connectivity index (χ4n) is 2.17. The van der Waals surface area contributed by atoms with Gasteiger partial charge in [-0.15, -0.1) is 0 Å². The normalized spacial score (nSPS) is 34.4. The molecule has 1 fully saturated rings. The molecular formula is C11H21N3. The Morgan fingerprint density at radius 1 is 1.57 bits per heavy atom. The Labute approximate surface area is 87.1 Å². The zero-order valence-corrected chi connectivity index (χ0v) is 9.67. The summed E-state index contributed by atoms with van der Waals surface area (Å²) in [4.78, 5) is 2.32. The van der Waals surface area contributed by atoms with Gasteiger partial charge in [0.25, 0.3) is 0 Å². The first-order valence-corrected chi connectivity index (χ1v) is 5.38. The van der Waals surface area contributed by atoms with Crippen molar-refractivity contribution in [2.75, 3.05) is 13.6 Å². The van der Waals surface area contributed by atoms with Crippen LogP contribution < -0.4 is 5.32 Å². The van der Waals surface area contributed by atoms with Gasteiger partial charge in [-0.2, -0.15) is 5.26 Å². The van der Waals surface area contributed by atoms with Gasteiger partial charge < -0.3 is 4.90 Å². The third kappa shape index (κ3) is 2.46. The quantitative estimate of drug-likeness (QED) is 0.723. The number of nitrogens with one attached hydrogen (secondary N) is 1. The third-order valence-electron chi connectivity index (χ3n) is 3.07. The zero-order chi connectivity index (χ0) is 10.8. The van der Waals surface area contributed by atoms with Crippen molar-refractivity contribution in [2.24, 2.45) is 0 Å². The molecule has 1 heterocycles. The highest BCUT2D eigenvalue weighted by atomic mass is 15.2. The van der Waals surface area contributed by atoms with Crippen molar-refractivity contribution in [3.8, 4) is 6.07 Å².